The number of alkyl halides is 3. The van der Waals surface area contributed by atoms with Crippen LogP contribution in [0.1, 0.15) is 12.0 Å². The summed E-state index contributed by atoms with van der Waals surface area (Å²) in [5.74, 6) is 0. The van der Waals surface area contributed by atoms with Crippen molar-refractivity contribution in [3.63, 3.8) is 0 Å². The molecule has 0 amide bonds. The van der Waals surface area contributed by atoms with Crippen LogP contribution in [0.2, 0.25) is 0 Å². The van der Waals surface area contributed by atoms with Crippen molar-refractivity contribution in [1.29, 1.82) is 5.26 Å². The number of nitrogens with zero attached hydrogens (tertiary/aromatic N) is 2. The predicted molar refractivity (Wildman–Crippen MR) is 57.0 cm³/mol. The van der Waals surface area contributed by atoms with E-state index in [1.54, 1.807) is 6.07 Å². The quantitative estimate of drug-likeness (QED) is 0.666. The SMILES string of the molecule is N#Cc1cc(NCCC(F)(F)F)ccc1[N+](=O)[O-]. The molecule has 1 N–H and O–H groups in total. The van der Waals surface area contributed by atoms with E-state index in [1.807, 2.05) is 0 Å². The van der Waals surface area contributed by atoms with Gasteiger partial charge < -0.3 is 5.32 Å². The van der Waals surface area contributed by atoms with Crippen LogP contribution in [0, 0.1) is 21.4 Å². The Hall–Kier alpha value is -2.30. The highest BCUT2D eigenvalue weighted by molar-refractivity contribution is 5.58. The summed E-state index contributed by atoms with van der Waals surface area (Å²) >= 11 is 0. The Balaban J connectivity index is 2.75. The van der Waals surface area contributed by atoms with E-state index < -0.39 is 17.5 Å². The Kier molecular flexibility index (Phi) is 4.09. The third-order valence-corrected chi connectivity index (χ3v) is 2.05. The maximum Gasteiger partial charge on any atom is 0.390 e. The number of nitro groups is 1. The van der Waals surface area contributed by atoms with Gasteiger partial charge in [-0.1, -0.05) is 0 Å². The van der Waals surface area contributed by atoms with Crippen LogP contribution >= 0.6 is 0 Å². The van der Waals surface area contributed by atoms with Gasteiger partial charge >= 0.3 is 6.18 Å². The van der Waals surface area contributed by atoms with Gasteiger partial charge in [0.15, 0.2) is 0 Å². The van der Waals surface area contributed by atoms with Crippen LogP contribution in [0.4, 0.5) is 24.5 Å². The smallest absolute Gasteiger partial charge is 0.385 e. The van der Waals surface area contributed by atoms with Gasteiger partial charge in [-0.15, -0.1) is 0 Å². The fraction of sp³-hybridized carbons (Fsp3) is 0.300. The first-order valence-corrected chi connectivity index (χ1v) is 4.82. The monoisotopic (exact) mass is 259 g/mol. The van der Waals surface area contributed by atoms with Crippen LogP contribution in [0.25, 0.3) is 0 Å². The molecule has 1 rings (SSSR count). The summed E-state index contributed by atoms with van der Waals surface area (Å²) in [6.07, 6.45) is -5.29. The summed E-state index contributed by atoms with van der Waals surface area (Å²) in [6, 6.07) is 5.10. The summed E-state index contributed by atoms with van der Waals surface area (Å²) in [4.78, 5) is 9.80. The molecule has 0 aliphatic heterocycles. The average molecular weight is 259 g/mol. The maximum absolute atomic E-state index is 11.9. The first-order valence-electron chi connectivity index (χ1n) is 4.82. The molecule has 0 aliphatic carbocycles. The van der Waals surface area contributed by atoms with E-state index in [0.717, 1.165) is 12.1 Å². The van der Waals surface area contributed by atoms with Gasteiger partial charge in [-0.2, -0.15) is 18.4 Å². The minimum atomic E-state index is -4.27. The van der Waals surface area contributed by atoms with Crippen LogP contribution in [-0.4, -0.2) is 17.6 Å². The molecule has 96 valence electrons. The summed E-state index contributed by atoms with van der Waals surface area (Å²) in [7, 11) is 0. The van der Waals surface area contributed by atoms with Crippen LogP contribution < -0.4 is 5.32 Å². The Morgan fingerprint density at radius 1 is 1.44 bits per heavy atom. The van der Waals surface area contributed by atoms with Crippen molar-refractivity contribution in [2.24, 2.45) is 0 Å². The van der Waals surface area contributed by atoms with E-state index in [4.69, 9.17) is 5.26 Å². The molecule has 5 nitrogen and oxygen atoms in total. The number of hydrogen-bond acceptors (Lipinski definition) is 4. The normalized spacial score (nSPS) is 10.8. The van der Waals surface area contributed by atoms with Crippen LogP contribution in [0.5, 0.6) is 0 Å². The van der Waals surface area contributed by atoms with Crippen molar-refractivity contribution in [2.75, 3.05) is 11.9 Å². The largest absolute Gasteiger partial charge is 0.390 e. The van der Waals surface area contributed by atoms with Gasteiger partial charge in [0.1, 0.15) is 11.6 Å². The summed E-state index contributed by atoms with van der Waals surface area (Å²) < 4.78 is 35.7. The Morgan fingerprint density at radius 3 is 2.61 bits per heavy atom. The van der Waals surface area contributed by atoms with Crippen molar-refractivity contribution in [2.45, 2.75) is 12.6 Å². The van der Waals surface area contributed by atoms with E-state index in [1.165, 1.54) is 6.07 Å². The van der Waals surface area contributed by atoms with Gasteiger partial charge in [0.2, 0.25) is 0 Å². The zero-order valence-electron chi connectivity index (χ0n) is 8.99. The third-order valence-electron chi connectivity index (χ3n) is 2.05. The zero-order chi connectivity index (χ0) is 13.8. The molecule has 0 unspecified atom stereocenters. The van der Waals surface area contributed by atoms with Gasteiger partial charge in [0, 0.05) is 18.3 Å². The molecule has 1 aromatic rings. The fourth-order valence-corrected chi connectivity index (χ4v) is 1.24. The van der Waals surface area contributed by atoms with Gasteiger partial charge in [-0.25, -0.2) is 0 Å². The van der Waals surface area contributed by atoms with Crippen LogP contribution in [0.3, 0.4) is 0 Å². The molecule has 0 heterocycles. The molecule has 18 heavy (non-hydrogen) atoms. The molecule has 0 spiro atoms. The first kappa shape index (κ1) is 13.8. The van der Waals surface area contributed by atoms with Crippen molar-refractivity contribution < 1.29 is 18.1 Å². The summed E-state index contributed by atoms with van der Waals surface area (Å²) in [5, 5.41) is 21.7. The number of rotatable bonds is 4. The molecule has 0 fully saturated rings. The molecule has 1 aromatic carbocycles. The Labute approximate surface area is 100.0 Å². The number of nitriles is 1. The van der Waals surface area contributed by atoms with E-state index in [-0.39, 0.29) is 23.5 Å². The lowest BCUT2D eigenvalue weighted by atomic mass is 10.1. The molecule has 0 radical (unpaired) electrons. The number of anilines is 1. The highest BCUT2D eigenvalue weighted by Crippen LogP contribution is 2.23. The molecule has 0 saturated carbocycles. The second-order valence-corrected chi connectivity index (χ2v) is 3.39. The lowest BCUT2D eigenvalue weighted by Gasteiger charge is -2.08. The highest BCUT2D eigenvalue weighted by atomic mass is 19.4. The highest BCUT2D eigenvalue weighted by Gasteiger charge is 2.26. The molecule has 0 saturated heterocycles. The maximum atomic E-state index is 11.9. The van der Waals surface area contributed by atoms with Crippen molar-refractivity contribution in [3.8, 4) is 6.07 Å². The fourth-order valence-electron chi connectivity index (χ4n) is 1.24. The van der Waals surface area contributed by atoms with Crippen molar-refractivity contribution in [1.82, 2.24) is 0 Å². The molecular weight excluding hydrogens is 251 g/mol. The molecule has 0 bridgehead atoms. The molecule has 0 atom stereocenters. The van der Waals surface area contributed by atoms with Crippen LogP contribution in [-0.2, 0) is 0 Å². The number of benzene rings is 1. The first-order chi connectivity index (χ1) is 8.33. The molecule has 0 aromatic heterocycles. The standard InChI is InChI=1S/C10H8F3N3O2/c11-10(12,13)3-4-15-8-1-2-9(16(17)18)7(5-8)6-14/h1-2,5,15H,3-4H2. The Bertz CT molecular complexity index is 494. The van der Waals surface area contributed by atoms with E-state index in [0.29, 0.717) is 0 Å². The van der Waals surface area contributed by atoms with Crippen LogP contribution in [0.15, 0.2) is 18.2 Å². The zero-order valence-corrected chi connectivity index (χ0v) is 8.99. The predicted octanol–water partition coefficient (Wildman–Crippen LogP) is 2.83. The van der Waals surface area contributed by atoms with Crippen molar-refractivity contribution >= 4 is 11.4 Å². The second kappa shape index (κ2) is 5.35. The van der Waals surface area contributed by atoms with Crippen molar-refractivity contribution in [3.05, 3.63) is 33.9 Å². The lowest BCUT2D eigenvalue weighted by Crippen LogP contribution is -2.14. The second-order valence-electron chi connectivity index (χ2n) is 3.39. The average Bonchev–Trinajstić information content (AvgIpc) is 2.26. The lowest BCUT2D eigenvalue weighted by molar-refractivity contribution is -0.385. The molecule has 0 aliphatic rings. The van der Waals surface area contributed by atoms with Gasteiger partial charge in [-0.05, 0) is 12.1 Å². The van der Waals surface area contributed by atoms with Gasteiger partial charge in [-0.3, -0.25) is 10.1 Å². The number of halogens is 3. The van der Waals surface area contributed by atoms with Gasteiger partial charge in [0.05, 0.1) is 11.3 Å². The number of hydrogen-bond donors (Lipinski definition) is 1. The van der Waals surface area contributed by atoms with E-state index >= 15 is 0 Å². The minimum absolute atomic E-state index is 0.197. The number of nitrogens with one attached hydrogen (secondary N) is 1. The third kappa shape index (κ3) is 3.93. The van der Waals surface area contributed by atoms with E-state index in [9.17, 15) is 23.3 Å². The minimum Gasteiger partial charge on any atom is -0.385 e. The number of nitro benzene ring substituents is 1. The summed E-state index contributed by atoms with van der Waals surface area (Å²) in [6.45, 7) is -0.355. The van der Waals surface area contributed by atoms with Gasteiger partial charge in [0.25, 0.3) is 5.69 Å². The Morgan fingerprint density at radius 2 is 2.11 bits per heavy atom. The van der Waals surface area contributed by atoms with E-state index in [2.05, 4.69) is 5.32 Å². The molecule has 8 heteroatoms. The molecular formula is C10H8F3N3O2. The summed E-state index contributed by atoms with van der Waals surface area (Å²) in [5.41, 5.74) is -0.336. The topological polar surface area (TPSA) is 79.0 Å².